The Morgan fingerprint density at radius 1 is 1.33 bits per heavy atom. The van der Waals surface area contributed by atoms with Crippen molar-refractivity contribution in [3.63, 3.8) is 0 Å². The standard InChI is InChI=1S/C15H20ClNO3S/c1-12-2-3-14(11-18)10-17(12)21(19,20)9-8-13-4-6-15(16)7-5-13/h4-9,12,14,18H,2-3,10-11H2,1H3/b9-8+. The summed E-state index contributed by atoms with van der Waals surface area (Å²) in [5, 5.41) is 11.1. The fourth-order valence-corrected chi connectivity index (χ4v) is 4.10. The van der Waals surface area contributed by atoms with Crippen LogP contribution in [0.1, 0.15) is 25.3 Å². The summed E-state index contributed by atoms with van der Waals surface area (Å²) in [6.45, 7) is 2.31. The van der Waals surface area contributed by atoms with Crippen molar-refractivity contribution >= 4 is 27.7 Å². The lowest BCUT2D eigenvalue weighted by Crippen LogP contribution is -2.45. The number of rotatable bonds is 4. The molecule has 2 rings (SSSR count). The molecule has 1 N–H and O–H groups in total. The average Bonchev–Trinajstić information content (AvgIpc) is 2.47. The highest BCUT2D eigenvalue weighted by Crippen LogP contribution is 2.25. The van der Waals surface area contributed by atoms with Crippen molar-refractivity contribution in [2.75, 3.05) is 13.2 Å². The van der Waals surface area contributed by atoms with Crippen LogP contribution in [0.3, 0.4) is 0 Å². The minimum absolute atomic E-state index is 0.0274. The zero-order valence-corrected chi connectivity index (χ0v) is 13.5. The van der Waals surface area contributed by atoms with E-state index in [0.29, 0.717) is 11.6 Å². The minimum atomic E-state index is -3.48. The maximum Gasteiger partial charge on any atom is 0.236 e. The highest BCUT2D eigenvalue weighted by molar-refractivity contribution is 7.92. The second-order valence-electron chi connectivity index (χ2n) is 5.44. The van der Waals surface area contributed by atoms with Crippen molar-refractivity contribution in [3.8, 4) is 0 Å². The summed E-state index contributed by atoms with van der Waals surface area (Å²) in [5.74, 6) is 0.0277. The predicted molar refractivity (Wildman–Crippen MR) is 85.4 cm³/mol. The molecule has 0 radical (unpaired) electrons. The van der Waals surface area contributed by atoms with Crippen molar-refractivity contribution in [2.24, 2.45) is 5.92 Å². The van der Waals surface area contributed by atoms with Gasteiger partial charge in [0.15, 0.2) is 0 Å². The molecule has 1 aliphatic heterocycles. The molecule has 1 fully saturated rings. The van der Waals surface area contributed by atoms with Gasteiger partial charge in [-0.15, -0.1) is 0 Å². The lowest BCUT2D eigenvalue weighted by atomic mass is 9.96. The molecule has 0 aliphatic carbocycles. The molecule has 2 unspecified atom stereocenters. The molecule has 4 nitrogen and oxygen atoms in total. The number of piperidine rings is 1. The van der Waals surface area contributed by atoms with Gasteiger partial charge >= 0.3 is 0 Å². The van der Waals surface area contributed by atoms with Gasteiger partial charge in [0.1, 0.15) is 0 Å². The zero-order chi connectivity index (χ0) is 15.5. The SMILES string of the molecule is CC1CCC(CO)CN1S(=O)(=O)/C=C/c1ccc(Cl)cc1. The monoisotopic (exact) mass is 329 g/mol. The third kappa shape index (κ3) is 4.30. The van der Waals surface area contributed by atoms with Crippen LogP contribution in [-0.4, -0.2) is 37.0 Å². The van der Waals surface area contributed by atoms with E-state index in [1.54, 1.807) is 30.3 Å². The Balaban J connectivity index is 2.15. The lowest BCUT2D eigenvalue weighted by molar-refractivity contribution is 0.140. The van der Waals surface area contributed by atoms with Gasteiger partial charge < -0.3 is 5.11 Å². The van der Waals surface area contributed by atoms with E-state index in [4.69, 9.17) is 11.6 Å². The summed E-state index contributed by atoms with van der Waals surface area (Å²) in [6.07, 6.45) is 3.21. The molecule has 1 aromatic carbocycles. The van der Waals surface area contributed by atoms with E-state index in [1.165, 1.54) is 9.71 Å². The molecule has 1 saturated heterocycles. The molecular weight excluding hydrogens is 310 g/mol. The first-order valence-electron chi connectivity index (χ1n) is 6.98. The van der Waals surface area contributed by atoms with Crippen LogP contribution in [0.2, 0.25) is 5.02 Å². The normalized spacial score (nSPS) is 24.5. The summed E-state index contributed by atoms with van der Waals surface area (Å²) in [4.78, 5) is 0. The van der Waals surface area contributed by atoms with Gasteiger partial charge in [-0.25, -0.2) is 8.42 Å². The van der Waals surface area contributed by atoms with E-state index < -0.39 is 10.0 Å². The molecular formula is C15H20ClNO3S. The summed E-state index contributed by atoms with van der Waals surface area (Å²) >= 11 is 5.80. The second kappa shape index (κ2) is 6.92. The fourth-order valence-electron chi connectivity index (χ4n) is 2.47. The van der Waals surface area contributed by atoms with Crippen LogP contribution < -0.4 is 0 Å². The molecule has 0 aromatic heterocycles. The molecule has 1 aliphatic rings. The summed E-state index contributed by atoms with van der Waals surface area (Å²) in [7, 11) is -3.48. The molecule has 0 bridgehead atoms. The van der Waals surface area contributed by atoms with Crippen molar-refractivity contribution in [3.05, 3.63) is 40.3 Å². The first-order chi connectivity index (χ1) is 9.92. The van der Waals surface area contributed by atoms with Crippen LogP contribution in [0.5, 0.6) is 0 Å². The molecule has 0 amide bonds. The van der Waals surface area contributed by atoms with Crippen LogP contribution in [0.25, 0.3) is 6.08 Å². The number of halogens is 1. The smallest absolute Gasteiger partial charge is 0.236 e. The number of nitrogens with zero attached hydrogens (tertiary/aromatic N) is 1. The van der Waals surface area contributed by atoms with Crippen molar-refractivity contribution in [1.29, 1.82) is 0 Å². The van der Waals surface area contributed by atoms with Gasteiger partial charge in [0, 0.05) is 29.6 Å². The number of sulfonamides is 1. The Hall–Kier alpha value is -0.880. The van der Waals surface area contributed by atoms with E-state index in [2.05, 4.69) is 0 Å². The topological polar surface area (TPSA) is 57.6 Å². The maximum absolute atomic E-state index is 12.4. The second-order valence-corrected chi connectivity index (χ2v) is 7.65. The molecule has 0 saturated carbocycles. The molecule has 6 heteroatoms. The van der Waals surface area contributed by atoms with Gasteiger partial charge in [-0.2, -0.15) is 4.31 Å². The Morgan fingerprint density at radius 2 is 2.00 bits per heavy atom. The average molecular weight is 330 g/mol. The zero-order valence-electron chi connectivity index (χ0n) is 11.9. The molecule has 2 atom stereocenters. The lowest BCUT2D eigenvalue weighted by Gasteiger charge is -2.35. The Morgan fingerprint density at radius 3 is 2.62 bits per heavy atom. The van der Waals surface area contributed by atoms with Crippen molar-refractivity contribution < 1.29 is 13.5 Å². The van der Waals surface area contributed by atoms with E-state index in [-0.39, 0.29) is 18.6 Å². The molecule has 116 valence electrons. The van der Waals surface area contributed by atoms with Crippen molar-refractivity contribution in [2.45, 2.75) is 25.8 Å². The Kier molecular flexibility index (Phi) is 5.43. The number of hydrogen-bond donors (Lipinski definition) is 1. The van der Waals surface area contributed by atoms with E-state index in [1.807, 2.05) is 6.92 Å². The maximum atomic E-state index is 12.4. The molecule has 21 heavy (non-hydrogen) atoms. The number of hydrogen-bond acceptors (Lipinski definition) is 3. The van der Waals surface area contributed by atoms with Crippen LogP contribution >= 0.6 is 11.6 Å². The first kappa shape index (κ1) is 16.5. The van der Waals surface area contributed by atoms with Crippen LogP contribution in [0, 0.1) is 5.92 Å². The van der Waals surface area contributed by atoms with Gasteiger partial charge in [0.05, 0.1) is 0 Å². The summed E-state index contributed by atoms with van der Waals surface area (Å²) in [6, 6.07) is 6.94. The van der Waals surface area contributed by atoms with Gasteiger partial charge in [-0.05, 0) is 49.5 Å². The van der Waals surface area contributed by atoms with E-state index >= 15 is 0 Å². The van der Waals surface area contributed by atoms with Crippen LogP contribution in [0.4, 0.5) is 0 Å². The summed E-state index contributed by atoms with van der Waals surface area (Å²) < 4.78 is 26.3. The minimum Gasteiger partial charge on any atom is -0.396 e. The fraction of sp³-hybridized carbons (Fsp3) is 0.467. The molecule has 1 aromatic rings. The predicted octanol–water partition coefficient (Wildman–Crippen LogP) is 2.73. The van der Waals surface area contributed by atoms with E-state index in [0.717, 1.165) is 18.4 Å². The van der Waals surface area contributed by atoms with E-state index in [9.17, 15) is 13.5 Å². The van der Waals surface area contributed by atoms with Crippen molar-refractivity contribution in [1.82, 2.24) is 4.31 Å². The van der Waals surface area contributed by atoms with Gasteiger partial charge in [0.2, 0.25) is 10.0 Å². The molecule has 1 heterocycles. The van der Waals surface area contributed by atoms with Crippen LogP contribution in [-0.2, 0) is 10.0 Å². The van der Waals surface area contributed by atoms with Gasteiger partial charge in [-0.3, -0.25) is 0 Å². The number of aliphatic hydroxyl groups excluding tert-OH is 1. The highest BCUT2D eigenvalue weighted by Gasteiger charge is 2.32. The highest BCUT2D eigenvalue weighted by atomic mass is 35.5. The molecule has 0 spiro atoms. The third-order valence-corrected chi connectivity index (χ3v) is 5.70. The quantitative estimate of drug-likeness (QED) is 0.924. The largest absolute Gasteiger partial charge is 0.396 e. The van der Waals surface area contributed by atoms with Gasteiger partial charge in [0.25, 0.3) is 0 Å². The number of aliphatic hydroxyl groups is 1. The Labute approximate surface area is 131 Å². The third-order valence-electron chi connectivity index (χ3n) is 3.81. The van der Waals surface area contributed by atoms with Crippen LogP contribution in [0.15, 0.2) is 29.7 Å². The van der Waals surface area contributed by atoms with Gasteiger partial charge in [-0.1, -0.05) is 23.7 Å². The summed E-state index contributed by atoms with van der Waals surface area (Å²) in [5.41, 5.74) is 0.784. The number of benzene rings is 1. The Bertz CT molecular complexity index is 598. The first-order valence-corrected chi connectivity index (χ1v) is 8.87.